The summed E-state index contributed by atoms with van der Waals surface area (Å²) in [7, 11) is 2.96. The molecule has 0 saturated carbocycles. The fourth-order valence-corrected chi connectivity index (χ4v) is 1.82. The maximum absolute atomic E-state index is 12.0. The standard InChI is InChI=1S/C16H25N3O5/c1-16(2,3)24-15(21)18-9-6-7-12(20)19-13-11(22-4)8-10-17-14(13)23-5/h8,10H,6-7,9H2,1-5H3,(H,18,21)(H,19,20). The van der Waals surface area contributed by atoms with Crippen molar-refractivity contribution in [3.8, 4) is 11.6 Å². The summed E-state index contributed by atoms with van der Waals surface area (Å²) in [6, 6.07) is 1.63. The predicted octanol–water partition coefficient (Wildman–Crippen LogP) is 2.34. The van der Waals surface area contributed by atoms with Gasteiger partial charge >= 0.3 is 6.09 Å². The maximum Gasteiger partial charge on any atom is 0.407 e. The molecule has 2 N–H and O–H groups in total. The van der Waals surface area contributed by atoms with Gasteiger partial charge in [-0.1, -0.05) is 0 Å². The van der Waals surface area contributed by atoms with Crippen molar-refractivity contribution in [2.45, 2.75) is 39.2 Å². The van der Waals surface area contributed by atoms with E-state index in [4.69, 9.17) is 14.2 Å². The highest BCUT2D eigenvalue weighted by atomic mass is 16.6. The molecule has 8 nitrogen and oxygen atoms in total. The molecule has 0 atom stereocenters. The van der Waals surface area contributed by atoms with Crippen LogP contribution in [0.25, 0.3) is 0 Å². The number of methoxy groups -OCH3 is 2. The van der Waals surface area contributed by atoms with E-state index in [1.54, 1.807) is 26.8 Å². The molecule has 0 bridgehead atoms. The van der Waals surface area contributed by atoms with Crippen molar-refractivity contribution in [1.82, 2.24) is 10.3 Å². The number of anilines is 1. The van der Waals surface area contributed by atoms with Gasteiger partial charge in [0.2, 0.25) is 11.8 Å². The molecule has 2 amide bonds. The lowest BCUT2D eigenvalue weighted by atomic mass is 10.2. The van der Waals surface area contributed by atoms with Crippen LogP contribution in [0.1, 0.15) is 33.6 Å². The van der Waals surface area contributed by atoms with E-state index in [1.165, 1.54) is 20.4 Å². The van der Waals surface area contributed by atoms with Gasteiger partial charge in [-0.05, 0) is 27.2 Å². The molecule has 8 heteroatoms. The molecule has 1 rings (SSSR count). The number of nitrogens with one attached hydrogen (secondary N) is 2. The van der Waals surface area contributed by atoms with Crippen molar-refractivity contribution in [3.05, 3.63) is 12.3 Å². The summed E-state index contributed by atoms with van der Waals surface area (Å²) in [4.78, 5) is 27.5. The summed E-state index contributed by atoms with van der Waals surface area (Å²) in [6.45, 7) is 5.70. The second-order valence-corrected chi connectivity index (χ2v) is 5.98. The van der Waals surface area contributed by atoms with Gasteiger partial charge in [0, 0.05) is 25.2 Å². The molecule has 0 aliphatic heterocycles. The first-order valence-electron chi connectivity index (χ1n) is 7.60. The number of carbonyl (C=O) groups is 2. The smallest absolute Gasteiger partial charge is 0.407 e. The molecule has 0 saturated heterocycles. The zero-order valence-corrected chi connectivity index (χ0v) is 14.8. The van der Waals surface area contributed by atoms with Crippen LogP contribution in [0, 0.1) is 0 Å². The van der Waals surface area contributed by atoms with E-state index in [0.29, 0.717) is 24.4 Å². The number of alkyl carbamates (subject to hydrolysis) is 1. The normalized spacial score (nSPS) is 10.7. The highest BCUT2D eigenvalue weighted by molar-refractivity contribution is 5.93. The number of rotatable bonds is 7. The Hall–Kier alpha value is -2.51. The summed E-state index contributed by atoms with van der Waals surface area (Å²) in [5.74, 6) is 0.502. The van der Waals surface area contributed by atoms with Crippen molar-refractivity contribution in [2.24, 2.45) is 0 Å². The topological polar surface area (TPSA) is 98.8 Å². The van der Waals surface area contributed by atoms with E-state index < -0.39 is 11.7 Å². The summed E-state index contributed by atoms with van der Waals surface area (Å²) < 4.78 is 15.4. The summed E-state index contributed by atoms with van der Waals surface area (Å²) in [5, 5.41) is 5.31. The van der Waals surface area contributed by atoms with Crippen LogP contribution in [-0.2, 0) is 9.53 Å². The Morgan fingerprint density at radius 3 is 2.50 bits per heavy atom. The van der Waals surface area contributed by atoms with Crippen LogP contribution in [-0.4, -0.2) is 43.3 Å². The van der Waals surface area contributed by atoms with E-state index in [-0.39, 0.29) is 18.2 Å². The molecule has 0 aliphatic carbocycles. The van der Waals surface area contributed by atoms with Crippen molar-refractivity contribution in [1.29, 1.82) is 0 Å². The van der Waals surface area contributed by atoms with Gasteiger partial charge in [-0.25, -0.2) is 9.78 Å². The third kappa shape index (κ3) is 6.72. The molecule has 1 aromatic rings. The maximum atomic E-state index is 12.0. The lowest BCUT2D eigenvalue weighted by Gasteiger charge is -2.19. The Kier molecular flexibility index (Phi) is 7.29. The highest BCUT2D eigenvalue weighted by Gasteiger charge is 2.16. The van der Waals surface area contributed by atoms with E-state index in [1.807, 2.05) is 0 Å². The summed E-state index contributed by atoms with van der Waals surface area (Å²) >= 11 is 0. The Bertz CT molecular complexity index is 547. The summed E-state index contributed by atoms with van der Waals surface area (Å²) in [6.07, 6.45) is 1.71. The second-order valence-electron chi connectivity index (χ2n) is 5.98. The van der Waals surface area contributed by atoms with Crippen LogP contribution in [0.4, 0.5) is 10.5 Å². The second kappa shape index (κ2) is 8.95. The molecule has 0 spiro atoms. The fraction of sp³-hybridized carbons (Fsp3) is 0.562. The van der Waals surface area contributed by atoms with Gasteiger partial charge in [0.05, 0.1) is 14.2 Å². The van der Waals surface area contributed by atoms with Gasteiger partial charge in [0.25, 0.3) is 0 Å². The molecule has 0 aliphatic rings. The minimum atomic E-state index is -0.547. The molecule has 24 heavy (non-hydrogen) atoms. The van der Waals surface area contributed by atoms with Gasteiger partial charge in [0.15, 0.2) is 0 Å². The SMILES string of the molecule is COc1ccnc(OC)c1NC(=O)CCCNC(=O)OC(C)(C)C. The molecule has 1 heterocycles. The minimum absolute atomic E-state index is 0.219. The third-order valence-electron chi connectivity index (χ3n) is 2.80. The van der Waals surface area contributed by atoms with Crippen LogP contribution in [0.3, 0.4) is 0 Å². The van der Waals surface area contributed by atoms with Crippen molar-refractivity contribution < 1.29 is 23.8 Å². The Morgan fingerprint density at radius 1 is 1.21 bits per heavy atom. The number of hydrogen-bond acceptors (Lipinski definition) is 6. The molecule has 0 radical (unpaired) electrons. The Morgan fingerprint density at radius 2 is 1.92 bits per heavy atom. The quantitative estimate of drug-likeness (QED) is 0.740. The molecule has 1 aromatic heterocycles. The number of nitrogens with zero attached hydrogens (tertiary/aromatic N) is 1. The molecule has 0 aromatic carbocycles. The first-order valence-corrected chi connectivity index (χ1v) is 7.60. The number of amides is 2. The zero-order valence-electron chi connectivity index (χ0n) is 14.8. The molecule has 0 unspecified atom stereocenters. The molecular weight excluding hydrogens is 314 g/mol. The predicted molar refractivity (Wildman–Crippen MR) is 89.4 cm³/mol. The van der Waals surface area contributed by atoms with Gasteiger partial charge in [0.1, 0.15) is 17.0 Å². The van der Waals surface area contributed by atoms with Gasteiger partial charge < -0.3 is 24.8 Å². The largest absolute Gasteiger partial charge is 0.494 e. The number of hydrogen-bond donors (Lipinski definition) is 2. The lowest BCUT2D eigenvalue weighted by Crippen LogP contribution is -2.33. The van der Waals surface area contributed by atoms with Gasteiger partial charge in [-0.3, -0.25) is 4.79 Å². The van der Waals surface area contributed by atoms with Crippen molar-refractivity contribution in [2.75, 3.05) is 26.1 Å². The van der Waals surface area contributed by atoms with Crippen LogP contribution in [0.5, 0.6) is 11.6 Å². The monoisotopic (exact) mass is 339 g/mol. The number of ether oxygens (including phenoxy) is 3. The van der Waals surface area contributed by atoms with Crippen LogP contribution in [0.15, 0.2) is 12.3 Å². The van der Waals surface area contributed by atoms with E-state index in [2.05, 4.69) is 15.6 Å². The molecule has 134 valence electrons. The minimum Gasteiger partial charge on any atom is -0.494 e. The molecule has 0 fully saturated rings. The average molecular weight is 339 g/mol. The lowest BCUT2D eigenvalue weighted by molar-refractivity contribution is -0.116. The third-order valence-corrected chi connectivity index (χ3v) is 2.80. The van der Waals surface area contributed by atoms with Gasteiger partial charge in [-0.15, -0.1) is 0 Å². The number of carbonyl (C=O) groups excluding carboxylic acids is 2. The van der Waals surface area contributed by atoms with Crippen molar-refractivity contribution >= 4 is 17.7 Å². The fourth-order valence-electron chi connectivity index (χ4n) is 1.82. The average Bonchev–Trinajstić information content (AvgIpc) is 2.50. The molecular formula is C16H25N3O5. The van der Waals surface area contributed by atoms with E-state index in [9.17, 15) is 9.59 Å². The van der Waals surface area contributed by atoms with Crippen LogP contribution in [0.2, 0.25) is 0 Å². The van der Waals surface area contributed by atoms with Crippen LogP contribution >= 0.6 is 0 Å². The highest BCUT2D eigenvalue weighted by Crippen LogP contribution is 2.31. The van der Waals surface area contributed by atoms with E-state index >= 15 is 0 Å². The number of pyridine rings is 1. The first kappa shape index (κ1) is 19.5. The van der Waals surface area contributed by atoms with Gasteiger partial charge in [-0.2, -0.15) is 0 Å². The zero-order chi connectivity index (χ0) is 18.2. The Labute approximate surface area is 141 Å². The van der Waals surface area contributed by atoms with Crippen molar-refractivity contribution in [3.63, 3.8) is 0 Å². The number of aromatic nitrogens is 1. The van der Waals surface area contributed by atoms with E-state index in [0.717, 1.165) is 0 Å². The first-order chi connectivity index (χ1) is 11.3. The van der Waals surface area contributed by atoms with Crippen LogP contribution < -0.4 is 20.1 Å². The summed E-state index contributed by atoms with van der Waals surface area (Å²) in [5.41, 5.74) is -0.165. The Balaban J connectivity index is 2.44.